The van der Waals surface area contributed by atoms with Crippen LogP contribution in [-0.2, 0) is 0 Å². The standard InChI is InChI=1S/C16H13N3O4S/c1-9-3-8-12(23-2)13-14(9)24-16(17-13)18-15(20)10-4-6-11(7-5-10)19(21)22/h3-8H,1-2H3,(H,17,18,20). The Kier molecular flexibility index (Phi) is 4.13. The molecule has 3 rings (SSSR count). The van der Waals surface area contributed by atoms with Crippen LogP contribution in [0, 0.1) is 17.0 Å². The molecule has 3 aromatic rings. The molecular formula is C16H13N3O4S. The number of hydrogen-bond acceptors (Lipinski definition) is 6. The van der Waals surface area contributed by atoms with Crippen LogP contribution in [-0.4, -0.2) is 22.9 Å². The first-order valence-corrected chi connectivity index (χ1v) is 7.81. The Labute approximate surface area is 141 Å². The molecule has 0 aliphatic heterocycles. The smallest absolute Gasteiger partial charge is 0.269 e. The third kappa shape index (κ3) is 2.91. The number of nitrogens with one attached hydrogen (secondary N) is 1. The van der Waals surface area contributed by atoms with E-state index >= 15 is 0 Å². The number of benzene rings is 2. The van der Waals surface area contributed by atoms with Crippen molar-refractivity contribution in [2.45, 2.75) is 6.92 Å². The van der Waals surface area contributed by atoms with Gasteiger partial charge in [0.2, 0.25) is 0 Å². The summed E-state index contributed by atoms with van der Waals surface area (Å²) in [5.41, 5.74) is 2.00. The van der Waals surface area contributed by atoms with Gasteiger partial charge in [0.1, 0.15) is 11.3 Å². The molecule has 1 amide bonds. The van der Waals surface area contributed by atoms with Gasteiger partial charge in [-0.1, -0.05) is 17.4 Å². The van der Waals surface area contributed by atoms with Crippen LogP contribution >= 0.6 is 11.3 Å². The van der Waals surface area contributed by atoms with E-state index in [2.05, 4.69) is 10.3 Å². The van der Waals surface area contributed by atoms with Gasteiger partial charge in [0.25, 0.3) is 11.6 Å². The summed E-state index contributed by atoms with van der Waals surface area (Å²) < 4.78 is 6.23. The van der Waals surface area contributed by atoms with Crippen LogP contribution in [0.3, 0.4) is 0 Å². The molecule has 2 aromatic carbocycles. The molecule has 1 heterocycles. The van der Waals surface area contributed by atoms with Gasteiger partial charge in [-0.2, -0.15) is 0 Å². The quantitative estimate of drug-likeness (QED) is 0.575. The number of thiazole rings is 1. The fourth-order valence-electron chi connectivity index (χ4n) is 2.23. The summed E-state index contributed by atoms with van der Waals surface area (Å²) in [5, 5.41) is 13.8. The molecule has 0 unspecified atom stereocenters. The molecule has 0 radical (unpaired) electrons. The topological polar surface area (TPSA) is 94.4 Å². The van der Waals surface area contributed by atoms with Crippen LogP contribution in [0.2, 0.25) is 0 Å². The van der Waals surface area contributed by atoms with Crippen molar-refractivity contribution in [2.24, 2.45) is 0 Å². The number of carbonyl (C=O) groups excluding carboxylic acids is 1. The summed E-state index contributed by atoms with van der Waals surface area (Å²) in [7, 11) is 1.57. The zero-order chi connectivity index (χ0) is 17.3. The second-order valence-corrected chi connectivity index (χ2v) is 6.04. The Morgan fingerprint density at radius 3 is 2.58 bits per heavy atom. The lowest BCUT2D eigenvalue weighted by atomic mass is 10.2. The molecule has 8 heteroatoms. The number of nitro groups is 1. The predicted molar refractivity (Wildman–Crippen MR) is 92.0 cm³/mol. The highest BCUT2D eigenvalue weighted by molar-refractivity contribution is 7.22. The molecule has 0 saturated heterocycles. The number of ether oxygens (including phenoxy) is 1. The fourth-order valence-corrected chi connectivity index (χ4v) is 3.18. The van der Waals surface area contributed by atoms with E-state index < -0.39 is 4.92 Å². The van der Waals surface area contributed by atoms with Crippen molar-refractivity contribution in [2.75, 3.05) is 12.4 Å². The molecule has 122 valence electrons. The van der Waals surface area contributed by atoms with Crippen molar-refractivity contribution in [3.05, 3.63) is 57.6 Å². The minimum absolute atomic E-state index is 0.0631. The van der Waals surface area contributed by atoms with Crippen molar-refractivity contribution < 1.29 is 14.5 Å². The average molecular weight is 343 g/mol. The maximum atomic E-state index is 12.3. The molecular weight excluding hydrogens is 330 g/mol. The van der Waals surface area contributed by atoms with Crippen LogP contribution in [0.25, 0.3) is 10.2 Å². The highest BCUT2D eigenvalue weighted by atomic mass is 32.1. The van der Waals surface area contributed by atoms with E-state index in [0.29, 0.717) is 22.0 Å². The van der Waals surface area contributed by atoms with Gasteiger partial charge in [0.15, 0.2) is 5.13 Å². The molecule has 0 aliphatic rings. The molecule has 0 saturated carbocycles. The number of non-ortho nitro benzene ring substituents is 1. The second-order valence-electron chi connectivity index (χ2n) is 5.04. The zero-order valence-electron chi connectivity index (χ0n) is 12.9. The molecule has 1 aromatic heterocycles. The monoisotopic (exact) mass is 343 g/mol. The molecule has 0 bridgehead atoms. The first-order valence-electron chi connectivity index (χ1n) is 6.99. The van der Waals surface area contributed by atoms with Gasteiger partial charge in [0, 0.05) is 17.7 Å². The van der Waals surface area contributed by atoms with Crippen molar-refractivity contribution in [1.82, 2.24) is 4.98 Å². The van der Waals surface area contributed by atoms with Crippen LogP contribution in [0.1, 0.15) is 15.9 Å². The number of carbonyl (C=O) groups is 1. The molecule has 0 atom stereocenters. The minimum atomic E-state index is -0.510. The Morgan fingerprint density at radius 1 is 1.25 bits per heavy atom. The summed E-state index contributed by atoms with van der Waals surface area (Å²) in [4.78, 5) is 26.8. The van der Waals surface area contributed by atoms with E-state index in [1.54, 1.807) is 7.11 Å². The van der Waals surface area contributed by atoms with Crippen LogP contribution in [0.5, 0.6) is 5.75 Å². The van der Waals surface area contributed by atoms with Gasteiger partial charge in [-0.25, -0.2) is 4.98 Å². The number of methoxy groups -OCH3 is 1. The lowest BCUT2D eigenvalue weighted by Gasteiger charge is -2.01. The second kappa shape index (κ2) is 6.25. The number of anilines is 1. The number of hydrogen-bond donors (Lipinski definition) is 1. The Bertz CT molecular complexity index is 934. The Hall–Kier alpha value is -3.00. The average Bonchev–Trinajstić information content (AvgIpc) is 3.00. The van der Waals surface area contributed by atoms with E-state index in [1.165, 1.54) is 35.6 Å². The molecule has 0 aliphatic carbocycles. The molecule has 1 N–H and O–H groups in total. The maximum absolute atomic E-state index is 12.3. The van der Waals surface area contributed by atoms with E-state index in [4.69, 9.17) is 4.74 Å². The summed E-state index contributed by atoms with van der Waals surface area (Å²) in [6, 6.07) is 9.17. The van der Waals surface area contributed by atoms with Crippen LogP contribution < -0.4 is 10.1 Å². The largest absolute Gasteiger partial charge is 0.494 e. The van der Waals surface area contributed by atoms with Gasteiger partial charge in [-0.05, 0) is 30.7 Å². The molecule has 24 heavy (non-hydrogen) atoms. The predicted octanol–water partition coefficient (Wildman–Crippen LogP) is 3.77. The normalized spacial score (nSPS) is 10.6. The van der Waals surface area contributed by atoms with E-state index in [9.17, 15) is 14.9 Å². The first kappa shape index (κ1) is 15.9. The summed E-state index contributed by atoms with van der Waals surface area (Å²) in [6.45, 7) is 1.96. The van der Waals surface area contributed by atoms with E-state index in [0.717, 1.165) is 10.3 Å². The van der Waals surface area contributed by atoms with Crippen molar-refractivity contribution >= 4 is 38.3 Å². The van der Waals surface area contributed by atoms with Gasteiger partial charge in [-0.3, -0.25) is 20.2 Å². The van der Waals surface area contributed by atoms with Gasteiger partial charge in [-0.15, -0.1) is 0 Å². The Balaban J connectivity index is 1.88. The van der Waals surface area contributed by atoms with Crippen molar-refractivity contribution in [1.29, 1.82) is 0 Å². The third-order valence-electron chi connectivity index (χ3n) is 3.48. The van der Waals surface area contributed by atoms with Crippen molar-refractivity contribution in [3.8, 4) is 5.75 Å². The number of rotatable bonds is 4. The van der Waals surface area contributed by atoms with E-state index in [1.807, 2.05) is 19.1 Å². The fraction of sp³-hybridized carbons (Fsp3) is 0.125. The van der Waals surface area contributed by atoms with Crippen molar-refractivity contribution in [3.63, 3.8) is 0 Å². The highest BCUT2D eigenvalue weighted by Gasteiger charge is 2.15. The summed E-state index contributed by atoms with van der Waals surface area (Å²) >= 11 is 1.35. The lowest BCUT2D eigenvalue weighted by molar-refractivity contribution is -0.384. The van der Waals surface area contributed by atoms with Crippen LogP contribution in [0.15, 0.2) is 36.4 Å². The number of nitro benzene ring substituents is 1. The molecule has 7 nitrogen and oxygen atoms in total. The van der Waals surface area contributed by atoms with E-state index in [-0.39, 0.29) is 11.6 Å². The number of fused-ring (bicyclic) bond motifs is 1. The number of aryl methyl sites for hydroxylation is 1. The number of nitrogens with zero attached hydrogens (tertiary/aromatic N) is 2. The van der Waals surface area contributed by atoms with Gasteiger partial charge in [0.05, 0.1) is 16.7 Å². The van der Waals surface area contributed by atoms with Gasteiger partial charge < -0.3 is 4.74 Å². The molecule has 0 fully saturated rings. The highest BCUT2D eigenvalue weighted by Crippen LogP contribution is 2.34. The lowest BCUT2D eigenvalue weighted by Crippen LogP contribution is -2.11. The third-order valence-corrected chi connectivity index (χ3v) is 4.59. The molecule has 0 spiro atoms. The first-order chi connectivity index (χ1) is 11.5. The zero-order valence-corrected chi connectivity index (χ0v) is 13.7. The Morgan fingerprint density at radius 2 is 1.96 bits per heavy atom. The number of aromatic nitrogens is 1. The SMILES string of the molecule is COc1ccc(C)c2sc(NC(=O)c3ccc([N+](=O)[O-])cc3)nc12. The van der Waals surface area contributed by atoms with Crippen LogP contribution in [0.4, 0.5) is 10.8 Å². The maximum Gasteiger partial charge on any atom is 0.269 e. The number of amides is 1. The minimum Gasteiger partial charge on any atom is -0.494 e. The summed E-state index contributed by atoms with van der Waals surface area (Å²) in [6.07, 6.45) is 0. The van der Waals surface area contributed by atoms with Gasteiger partial charge >= 0.3 is 0 Å². The summed E-state index contributed by atoms with van der Waals surface area (Å²) in [5.74, 6) is 0.267.